The zero-order valence-electron chi connectivity index (χ0n) is 10.6. The maximum atomic E-state index is 11.6. The molecular weight excluding hydrogens is 220 g/mol. The predicted molar refractivity (Wildman–Crippen MR) is 67.2 cm³/mol. The van der Waals surface area contributed by atoms with Crippen LogP contribution in [0.3, 0.4) is 0 Å². The van der Waals surface area contributed by atoms with Crippen LogP contribution in [-0.4, -0.2) is 50.6 Å². The third-order valence-corrected chi connectivity index (χ3v) is 2.32. The number of carbonyl (C=O) groups is 1. The Balaban J connectivity index is 2.87. The SMILES string of the molecule is COc1ccc(N)c(N(C)CC(=O)N(C)C)n1. The number of methoxy groups -OCH3 is 1. The number of nitrogens with zero attached hydrogens (tertiary/aromatic N) is 3. The monoisotopic (exact) mass is 238 g/mol. The highest BCUT2D eigenvalue weighted by molar-refractivity contribution is 5.81. The highest BCUT2D eigenvalue weighted by atomic mass is 16.5. The summed E-state index contributed by atoms with van der Waals surface area (Å²) < 4.78 is 5.02. The van der Waals surface area contributed by atoms with E-state index in [2.05, 4.69) is 4.98 Å². The summed E-state index contributed by atoms with van der Waals surface area (Å²) in [6.07, 6.45) is 0. The highest BCUT2D eigenvalue weighted by Crippen LogP contribution is 2.22. The number of ether oxygens (including phenoxy) is 1. The minimum Gasteiger partial charge on any atom is -0.481 e. The molecule has 0 saturated carbocycles. The first kappa shape index (κ1) is 13.1. The molecule has 1 amide bonds. The van der Waals surface area contributed by atoms with Gasteiger partial charge in [0, 0.05) is 27.2 Å². The van der Waals surface area contributed by atoms with E-state index in [-0.39, 0.29) is 12.5 Å². The Kier molecular flexibility index (Phi) is 4.14. The molecule has 0 aromatic carbocycles. The molecule has 17 heavy (non-hydrogen) atoms. The van der Waals surface area contributed by atoms with Crippen molar-refractivity contribution in [1.82, 2.24) is 9.88 Å². The lowest BCUT2D eigenvalue weighted by Crippen LogP contribution is -2.35. The van der Waals surface area contributed by atoms with E-state index in [0.717, 1.165) is 0 Å². The van der Waals surface area contributed by atoms with Gasteiger partial charge in [-0.2, -0.15) is 4.98 Å². The van der Waals surface area contributed by atoms with Crippen LogP contribution in [0.2, 0.25) is 0 Å². The fraction of sp³-hybridized carbons (Fsp3) is 0.455. The summed E-state index contributed by atoms with van der Waals surface area (Å²) in [6.45, 7) is 0.220. The largest absolute Gasteiger partial charge is 0.481 e. The molecule has 0 saturated heterocycles. The molecule has 1 heterocycles. The second kappa shape index (κ2) is 5.38. The Bertz CT molecular complexity index is 406. The van der Waals surface area contributed by atoms with Gasteiger partial charge in [-0.25, -0.2) is 0 Å². The molecule has 94 valence electrons. The summed E-state index contributed by atoms with van der Waals surface area (Å²) in [5, 5.41) is 0. The zero-order chi connectivity index (χ0) is 13.0. The Morgan fingerprint density at radius 3 is 2.59 bits per heavy atom. The van der Waals surface area contributed by atoms with Crippen LogP contribution in [0, 0.1) is 0 Å². The molecule has 0 unspecified atom stereocenters. The van der Waals surface area contributed by atoms with Crippen molar-refractivity contribution in [3.05, 3.63) is 12.1 Å². The molecule has 0 aliphatic heterocycles. The van der Waals surface area contributed by atoms with Crippen LogP contribution in [0.1, 0.15) is 0 Å². The Morgan fingerprint density at radius 1 is 1.41 bits per heavy atom. The van der Waals surface area contributed by atoms with Gasteiger partial charge >= 0.3 is 0 Å². The van der Waals surface area contributed by atoms with Gasteiger partial charge in [0.15, 0.2) is 5.82 Å². The van der Waals surface area contributed by atoms with Crippen LogP contribution in [0.15, 0.2) is 12.1 Å². The van der Waals surface area contributed by atoms with E-state index in [9.17, 15) is 4.79 Å². The van der Waals surface area contributed by atoms with Gasteiger partial charge in [0.25, 0.3) is 0 Å². The predicted octanol–water partition coefficient (Wildman–Crippen LogP) is 0.197. The van der Waals surface area contributed by atoms with Crippen molar-refractivity contribution in [3.8, 4) is 5.88 Å². The summed E-state index contributed by atoms with van der Waals surface area (Å²) in [6, 6.07) is 3.39. The van der Waals surface area contributed by atoms with E-state index in [4.69, 9.17) is 10.5 Å². The standard InChI is InChI=1S/C11H18N4O2/c1-14(2)10(16)7-15(3)11-8(12)5-6-9(13-11)17-4/h5-6H,7,12H2,1-4H3. The van der Waals surface area contributed by atoms with Crippen LogP contribution < -0.4 is 15.4 Å². The second-order valence-electron chi connectivity index (χ2n) is 3.91. The van der Waals surface area contributed by atoms with Crippen molar-refractivity contribution < 1.29 is 9.53 Å². The first-order valence-corrected chi connectivity index (χ1v) is 5.17. The summed E-state index contributed by atoms with van der Waals surface area (Å²) in [4.78, 5) is 19.0. The number of anilines is 2. The molecule has 0 radical (unpaired) electrons. The van der Waals surface area contributed by atoms with E-state index in [1.165, 1.54) is 12.0 Å². The number of aromatic nitrogens is 1. The fourth-order valence-corrected chi connectivity index (χ4v) is 1.28. The van der Waals surface area contributed by atoms with Crippen molar-refractivity contribution in [2.24, 2.45) is 0 Å². The van der Waals surface area contributed by atoms with Gasteiger partial charge in [-0.1, -0.05) is 0 Å². The number of rotatable bonds is 4. The quantitative estimate of drug-likeness (QED) is 0.811. The maximum Gasteiger partial charge on any atom is 0.241 e. The number of nitrogens with two attached hydrogens (primary N) is 1. The van der Waals surface area contributed by atoms with Crippen molar-refractivity contribution in [2.75, 3.05) is 45.4 Å². The normalized spacial score (nSPS) is 9.88. The molecule has 0 aliphatic rings. The Morgan fingerprint density at radius 2 is 2.06 bits per heavy atom. The third kappa shape index (κ3) is 3.24. The van der Waals surface area contributed by atoms with Crippen LogP contribution >= 0.6 is 0 Å². The van der Waals surface area contributed by atoms with Crippen LogP contribution in [-0.2, 0) is 4.79 Å². The lowest BCUT2D eigenvalue weighted by atomic mass is 10.3. The van der Waals surface area contributed by atoms with Gasteiger partial charge < -0.3 is 20.3 Å². The molecule has 6 nitrogen and oxygen atoms in total. The van der Waals surface area contributed by atoms with Gasteiger partial charge in [0.2, 0.25) is 11.8 Å². The molecule has 6 heteroatoms. The van der Waals surface area contributed by atoms with Crippen LogP contribution in [0.25, 0.3) is 0 Å². The smallest absolute Gasteiger partial charge is 0.241 e. The lowest BCUT2D eigenvalue weighted by molar-refractivity contribution is -0.127. The fourth-order valence-electron chi connectivity index (χ4n) is 1.28. The first-order chi connectivity index (χ1) is 7.95. The Labute approximate surface area is 101 Å². The minimum absolute atomic E-state index is 0.0171. The number of pyridine rings is 1. The molecule has 1 rings (SSSR count). The first-order valence-electron chi connectivity index (χ1n) is 5.17. The number of nitrogen functional groups attached to an aromatic ring is 1. The van der Waals surface area contributed by atoms with Gasteiger partial charge in [0.1, 0.15) is 0 Å². The van der Waals surface area contributed by atoms with Crippen molar-refractivity contribution in [2.45, 2.75) is 0 Å². The van der Waals surface area contributed by atoms with Crippen LogP contribution in [0.5, 0.6) is 5.88 Å². The van der Waals surface area contributed by atoms with E-state index in [0.29, 0.717) is 17.4 Å². The van der Waals surface area contributed by atoms with Crippen molar-refractivity contribution in [1.29, 1.82) is 0 Å². The topological polar surface area (TPSA) is 71.7 Å². The zero-order valence-corrected chi connectivity index (χ0v) is 10.6. The molecule has 0 atom stereocenters. The van der Waals surface area contributed by atoms with Gasteiger partial charge in [0.05, 0.1) is 19.3 Å². The molecule has 1 aromatic rings. The molecule has 0 bridgehead atoms. The van der Waals surface area contributed by atoms with Gasteiger partial charge in [-0.3, -0.25) is 4.79 Å². The van der Waals surface area contributed by atoms with Crippen molar-refractivity contribution >= 4 is 17.4 Å². The Hall–Kier alpha value is -1.98. The molecular formula is C11H18N4O2. The van der Waals surface area contributed by atoms with E-state index < -0.39 is 0 Å². The summed E-state index contributed by atoms with van der Waals surface area (Å²) >= 11 is 0. The van der Waals surface area contributed by atoms with Crippen LogP contribution in [0.4, 0.5) is 11.5 Å². The molecule has 0 spiro atoms. The maximum absolute atomic E-state index is 11.6. The van der Waals surface area contributed by atoms with E-state index in [1.54, 1.807) is 38.2 Å². The number of likely N-dealkylation sites (N-methyl/N-ethyl adjacent to an activating group) is 2. The average molecular weight is 238 g/mol. The summed E-state index contributed by atoms with van der Waals surface area (Å²) in [5.74, 6) is 0.995. The second-order valence-corrected chi connectivity index (χ2v) is 3.91. The lowest BCUT2D eigenvalue weighted by Gasteiger charge is -2.21. The van der Waals surface area contributed by atoms with E-state index >= 15 is 0 Å². The summed E-state index contributed by atoms with van der Waals surface area (Å²) in [5.41, 5.74) is 6.33. The molecule has 2 N–H and O–H groups in total. The highest BCUT2D eigenvalue weighted by Gasteiger charge is 2.13. The number of hydrogen-bond donors (Lipinski definition) is 1. The number of amides is 1. The van der Waals surface area contributed by atoms with Crippen molar-refractivity contribution in [3.63, 3.8) is 0 Å². The number of carbonyl (C=O) groups excluding carboxylic acids is 1. The van der Waals surface area contributed by atoms with Gasteiger partial charge in [-0.15, -0.1) is 0 Å². The molecule has 0 aliphatic carbocycles. The molecule has 1 aromatic heterocycles. The summed E-state index contributed by atoms with van der Waals surface area (Å²) in [7, 11) is 6.71. The third-order valence-electron chi connectivity index (χ3n) is 2.32. The number of hydrogen-bond acceptors (Lipinski definition) is 5. The average Bonchev–Trinajstić information content (AvgIpc) is 2.29. The van der Waals surface area contributed by atoms with E-state index in [1.807, 2.05) is 0 Å². The minimum atomic E-state index is -0.0171. The molecule has 0 fully saturated rings. The van der Waals surface area contributed by atoms with Gasteiger partial charge in [-0.05, 0) is 6.07 Å².